The van der Waals surface area contributed by atoms with E-state index in [2.05, 4.69) is 5.32 Å². The van der Waals surface area contributed by atoms with Crippen LogP contribution in [0.3, 0.4) is 0 Å². The van der Waals surface area contributed by atoms with E-state index in [9.17, 15) is 9.59 Å². The van der Waals surface area contributed by atoms with Crippen molar-refractivity contribution in [2.24, 2.45) is 0 Å². The van der Waals surface area contributed by atoms with Crippen LogP contribution in [-0.2, 0) is 4.79 Å². The van der Waals surface area contributed by atoms with Crippen LogP contribution in [0, 0.1) is 0 Å². The molecule has 1 aromatic carbocycles. The molecule has 1 aromatic rings. The fraction of sp³-hybridized carbons (Fsp3) is 0.385. The summed E-state index contributed by atoms with van der Waals surface area (Å²) in [5, 5.41) is 21.1. The van der Waals surface area contributed by atoms with Gasteiger partial charge in [0.15, 0.2) is 0 Å². The molecule has 0 bridgehead atoms. The summed E-state index contributed by atoms with van der Waals surface area (Å²) in [4.78, 5) is 22.2. The SMILES string of the molecule is COc1cc(C(=O)O)cc([C@H]2CCN[C@@H]2C(=O)O)c1. The Kier molecular flexibility index (Phi) is 3.71. The third kappa shape index (κ3) is 2.68. The molecule has 0 amide bonds. The monoisotopic (exact) mass is 265 g/mol. The largest absolute Gasteiger partial charge is 0.497 e. The van der Waals surface area contributed by atoms with Gasteiger partial charge in [-0.1, -0.05) is 0 Å². The molecule has 1 aliphatic rings. The van der Waals surface area contributed by atoms with E-state index in [1.54, 1.807) is 6.07 Å². The van der Waals surface area contributed by atoms with Crippen LogP contribution in [0.25, 0.3) is 0 Å². The number of rotatable bonds is 4. The molecule has 0 unspecified atom stereocenters. The smallest absolute Gasteiger partial charge is 0.335 e. The number of hydrogen-bond donors (Lipinski definition) is 3. The molecule has 2 rings (SSSR count). The second kappa shape index (κ2) is 5.27. The van der Waals surface area contributed by atoms with Crippen molar-refractivity contribution in [2.75, 3.05) is 13.7 Å². The summed E-state index contributed by atoms with van der Waals surface area (Å²) in [7, 11) is 1.45. The fourth-order valence-electron chi connectivity index (χ4n) is 2.40. The zero-order valence-electron chi connectivity index (χ0n) is 10.4. The quantitative estimate of drug-likeness (QED) is 0.749. The van der Waals surface area contributed by atoms with Crippen LogP contribution in [0.1, 0.15) is 28.3 Å². The van der Waals surface area contributed by atoms with Gasteiger partial charge >= 0.3 is 11.9 Å². The first-order chi connectivity index (χ1) is 9.02. The van der Waals surface area contributed by atoms with Crippen molar-refractivity contribution in [1.82, 2.24) is 5.32 Å². The first-order valence-electron chi connectivity index (χ1n) is 5.91. The van der Waals surface area contributed by atoms with Crippen molar-refractivity contribution in [3.05, 3.63) is 29.3 Å². The van der Waals surface area contributed by atoms with Crippen LogP contribution in [0.15, 0.2) is 18.2 Å². The predicted octanol–water partition coefficient (Wildman–Crippen LogP) is 0.923. The Balaban J connectivity index is 2.40. The van der Waals surface area contributed by atoms with Gasteiger partial charge in [0.1, 0.15) is 11.8 Å². The van der Waals surface area contributed by atoms with E-state index in [-0.39, 0.29) is 11.5 Å². The van der Waals surface area contributed by atoms with Gasteiger partial charge in [-0.15, -0.1) is 0 Å². The standard InChI is InChI=1S/C13H15NO5/c1-19-9-5-7(4-8(6-9)12(15)16)10-2-3-14-11(10)13(17)18/h4-6,10-11,14H,2-3H2,1H3,(H,15,16)(H,17,18)/t10-,11+/m1/s1. The Morgan fingerprint density at radius 2 is 2.05 bits per heavy atom. The van der Waals surface area contributed by atoms with Crippen LogP contribution in [0.4, 0.5) is 0 Å². The van der Waals surface area contributed by atoms with Crippen molar-refractivity contribution >= 4 is 11.9 Å². The van der Waals surface area contributed by atoms with Crippen LogP contribution in [-0.4, -0.2) is 41.8 Å². The van der Waals surface area contributed by atoms with Crippen molar-refractivity contribution < 1.29 is 24.5 Å². The molecule has 102 valence electrons. The third-order valence-electron chi connectivity index (χ3n) is 3.33. The lowest BCUT2D eigenvalue weighted by Crippen LogP contribution is -2.34. The lowest BCUT2D eigenvalue weighted by atomic mass is 9.90. The number of carbonyl (C=O) groups is 2. The third-order valence-corrected chi connectivity index (χ3v) is 3.33. The molecule has 0 spiro atoms. The fourth-order valence-corrected chi connectivity index (χ4v) is 2.40. The molecular weight excluding hydrogens is 250 g/mol. The van der Waals surface area contributed by atoms with Gasteiger partial charge < -0.3 is 20.3 Å². The van der Waals surface area contributed by atoms with Crippen molar-refractivity contribution in [2.45, 2.75) is 18.4 Å². The lowest BCUT2D eigenvalue weighted by Gasteiger charge is -2.17. The van der Waals surface area contributed by atoms with Crippen molar-refractivity contribution in [3.8, 4) is 5.75 Å². The molecule has 6 heteroatoms. The molecule has 19 heavy (non-hydrogen) atoms. The molecule has 1 saturated heterocycles. The number of ether oxygens (including phenoxy) is 1. The average molecular weight is 265 g/mol. The van der Waals surface area contributed by atoms with E-state index < -0.39 is 18.0 Å². The summed E-state index contributed by atoms with van der Waals surface area (Å²) in [5.41, 5.74) is 0.777. The number of carboxylic acids is 2. The molecule has 2 atom stereocenters. The van der Waals surface area contributed by atoms with Crippen LogP contribution in [0.5, 0.6) is 5.75 Å². The number of carboxylic acid groups (broad SMARTS) is 2. The minimum atomic E-state index is -1.06. The zero-order chi connectivity index (χ0) is 14.0. The minimum absolute atomic E-state index is 0.102. The first kappa shape index (κ1) is 13.4. The van der Waals surface area contributed by atoms with Gasteiger partial charge in [-0.25, -0.2) is 4.79 Å². The molecule has 0 aromatic heterocycles. The van der Waals surface area contributed by atoms with Gasteiger partial charge in [0.25, 0.3) is 0 Å². The van der Waals surface area contributed by atoms with E-state index >= 15 is 0 Å². The van der Waals surface area contributed by atoms with E-state index in [4.69, 9.17) is 14.9 Å². The number of nitrogens with one attached hydrogen (secondary N) is 1. The van der Waals surface area contributed by atoms with E-state index in [0.717, 1.165) is 0 Å². The van der Waals surface area contributed by atoms with E-state index in [1.807, 2.05) is 0 Å². The lowest BCUT2D eigenvalue weighted by molar-refractivity contribution is -0.139. The zero-order valence-corrected chi connectivity index (χ0v) is 10.4. The van der Waals surface area contributed by atoms with Crippen LogP contribution >= 0.6 is 0 Å². The normalized spacial score (nSPS) is 22.2. The molecule has 0 aliphatic carbocycles. The maximum absolute atomic E-state index is 11.1. The second-order valence-corrected chi connectivity index (χ2v) is 4.47. The Morgan fingerprint density at radius 3 is 2.63 bits per heavy atom. The van der Waals surface area contributed by atoms with Crippen LogP contribution < -0.4 is 10.1 Å². The number of methoxy groups -OCH3 is 1. The van der Waals surface area contributed by atoms with Gasteiger partial charge in [0.05, 0.1) is 12.7 Å². The topological polar surface area (TPSA) is 95.9 Å². The maximum Gasteiger partial charge on any atom is 0.335 e. The maximum atomic E-state index is 11.1. The highest BCUT2D eigenvalue weighted by molar-refractivity contribution is 5.88. The Bertz CT molecular complexity index is 514. The molecule has 0 saturated carbocycles. The van der Waals surface area contributed by atoms with Crippen LogP contribution in [0.2, 0.25) is 0 Å². The Morgan fingerprint density at radius 1 is 1.32 bits per heavy atom. The number of aromatic carboxylic acids is 1. The highest BCUT2D eigenvalue weighted by Crippen LogP contribution is 2.31. The molecule has 1 heterocycles. The summed E-state index contributed by atoms with van der Waals surface area (Å²) in [5.74, 6) is -1.81. The summed E-state index contributed by atoms with van der Waals surface area (Å²) < 4.78 is 5.07. The minimum Gasteiger partial charge on any atom is -0.497 e. The van der Waals surface area contributed by atoms with Gasteiger partial charge in [-0.2, -0.15) is 0 Å². The highest BCUT2D eigenvalue weighted by Gasteiger charge is 2.34. The summed E-state index contributed by atoms with van der Waals surface area (Å²) >= 11 is 0. The molecular formula is C13H15NO5. The number of aliphatic carboxylic acids is 1. The van der Waals surface area contributed by atoms with E-state index in [0.29, 0.717) is 24.3 Å². The summed E-state index contributed by atoms with van der Waals surface area (Å²) in [6.07, 6.45) is 0.656. The second-order valence-electron chi connectivity index (χ2n) is 4.47. The van der Waals surface area contributed by atoms with Gasteiger partial charge in [-0.3, -0.25) is 4.79 Å². The average Bonchev–Trinajstić information content (AvgIpc) is 2.87. The Labute approximate surface area is 110 Å². The van der Waals surface area contributed by atoms with Crippen molar-refractivity contribution in [3.63, 3.8) is 0 Å². The molecule has 3 N–H and O–H groups in total. The van der Waals surface area contributed by atoms with Gasteiger partial charge in [0.2, 0.25) is 0 Å². The highest BCUT2D eigenvalue weighted by atomic mass is 16.5. The van der Waals surface area contributed by atoms with Gasteiger partial charge in [0, 0.05) is 5.92 Å². The number of hydrogen-bond acceptors (Lipinski definition) is 4. The molecule has 0 radical (unpaired) electrons. The predicted molar refractivity (Wildman–Crippen MR) is 66.7 cm³/mol. The van der Waals surface area contributed by atoms with E-state index in [1.165, 1.54) is 19.2 Å². The summed E-state index contributed by atoms with van der Waals surface area (Å²) in [6, 6.07) is 3.94. The first-order valence-corrected chi connectivity index (χ1v) is 5.91. The summed E-state index contributed by atoms with van der Waals surface area (Å²) in [6.45, 7) is 0.598. The number of benzene rings is 1. The van der Waals surface area contributed by atoms with Gasteiger partial charge in [-0.05, 0) is 36.7 Å². The molecule has 6 nitrogen and oxygen atoms in total. The molecule has 1 fully saturated rings. The van der Waals surface area contributed by atoms with Crippen molar-refractivity contribution in [1.29, 1.82) is 0 Å². The molecule has 1 aliphatic heterocycles. The Hall–Kier alpha value is -2.08.